The second kappa shape index (κ2) is 4.66. The van der Waals surface area contributed by atoms with Crippen molar-refractivity contribution >= 4 is 0 Å². The summed E-state index contributed by atoms with van der Waals surface area (Å²) in [6.45, 7) is 3.58. The van der Waals surface area contributed by atoms with E-state index < -0.39 is 11.6 Å². The van der Waals surface area contributed by atoms with Crippen molar-refractivity contribution in [2.45, 2.75) is 19.8 Å². The fourth-order valence-electron chi connectivity index (χ4n) is 1.94. The first-order valence-corrected chi connectivity index (χ1v) is 5.64. The Hall–Kier alpha value is -1.70. The van der Waals surface area contributed by atoms with Gasteiger partial charge in [-0.25, -0.2) is 8.78 Å². The predicted octanol–water partition coefficient (Wildman–Crippen LogP) is 4.76. The van der Waals surface area contributed by atoms with Crippen LogP contribution in [0, 0.1) is 11.6 Å². The van der Waals surface area contributed by atoms with Crippen molar-refractivity contribution in [2.24, 2.45) is 0 Å². The maximum atomic E-state index is 14.2. The lowest BCUT2D eigenvalue weighted by Gasteiger charge is -2.12. The van der Waals surface area contributed by atoms with Crippen LogP contribution in [0.1, 0.15) is 25.3 Å². The Kier molecular flexibility index (Phi) is 3.23. The molecule has 0 heterocycles. The van der Waals surface area contributed by atoms with Gasteiger partial charge in [0.25, 0.3) is 0 Å². The van der Waals surface area contributed by atoms with Gasteiger partial charge < -0.3 is 0 Å². The lowest BCUT2D eigenvalue weighted by Crippen LogP contribution is -2.00. The third kappa shape index (κ3) is 2.21. The average molecular weight is 232 g/mol. The van der Waals surface area contributed by atoms with Crippen molar-refractivity contribution in [2.75, 3.05) is 0 Å². The molecule has 2 rings (SSSR count). The zero-order valence-electron chi connectivity index (χ0n) is 9.87. The van der Waals surface area contributed by atoms with Crippen molar-refractivity contribution in [3.63, 3.8) is 0 Å². The van der Waals surface area contributed by atoms with Crippen LogP contribution in [0.25, 0.3) is 11.1 Å². The second-order valence-corrected chi connectivity index (χ2v) is 4.34. The summed E-state index contributed by atoms with van der Waals surface area (Å²) in [6, 6.07) is 12.0. The molecule has 88 valence electrons. The Morgan fingerprint density at radius 2 is 1.53 bits per heavy atom. The van der Waals surface area contributed by atoms with Gasteiger partial charge in [0.15, 0.2) is 0 Å². The van der Waals surface area contributed by atoms with Crippen LogP contribution in [0.4, 0.5) is 8.78 Å². The monoisotopic (exact) mass is 232 g/mol. The average Bonchev–Trinajstić information content (AvgIpc) is 2.30. The highest BCUT2D eigenvalue weighted by Gasteiger charge is 2.16. The second-order valence-electron chi connectivity index (χ2n) is 4.34. The van der Waals surface area contributed by atoms with Gasteiger partial charge in [-0.1, -0.05) is 44.2 Å². The van der Waals surface area contributed by atoms with Crippen LogP contribution in [0.5, 0.6) is 0 Å². The minimum Gasteiger partial charge on any atom is -0.207 e. The molecule has 0 saturated heterocycles. The molecule has 0 aromatic heterocycles. The molecule has 0 atom stereocenters. The van der Waals surface area contributed by atoms with Gasteiger partial charge in [0, 0.05) is 11.1 Å². The molecular formula is C15H14F2. The molecule has 0 aliphatic heterocycles. The Morgan fingerprint density at radius 1 is 0.882 bits per heavy atom. The molecule has 0 radical (unpaired) electrons. The summed E-state index contributed by atoms with van der Waals surface area (Å²) >= 11 is 0. The Bertz CT molecular complexity index is 516. The van der Waals surface area contributed by atoms with Gasteiger partial charge >= 0.3 is 0 Å². The molecule has 0 fully saturated rings. The SMILES string of the molecule is CC(C)c1c(F)ccc(-c2ccccc2)c1F. The summed E-state index contributed by atoms with van der Waals surface area (Å²) in [5, 5.41) is 0. The van der Waals surface area contributed by atoms with E-state index in [1.54, 1.807) is 13.8 Å². The molecule has 0 saturated carbocycles. The molecule has 0 spiro atoms. The summed E-state index contributed by atoms with van der Waals surface area (Å²) in [5.74, 6) is -1.10. The molecule has 0 nitrogen and oxygen atoms in total. The highest BCUT2D eigenvalue weighted by atomic mass is 19.1. The zero-order chi connectivity index (χ0) is 12.4. The van der Waals surface area contributed by atoms with E-state index in [2.05, 4.69) is 0 Å². The summed E-state index contributed by atoms with van der Waals surface area (Å²) in [5.41, 5.74) is 1.38. The lowest BCUT2D eigenvalue weighted by molar-refractivity contribution is 0.544. The van der Waals surface area contributed by atoms with Crippen LogP contribution in [0.2, 0.25) is 0 Å². The smallest absolute Gasteiger partial charge is 0.137 e. The van der Waals surface area contributed by atoms with E-state index in [1.165, 1.54) is 12.1 Å². The highest BCUT2D eigenvalue weighted by Crippen LogP contribution is 2.30. The number of rotatable bonds is 2. The van der Waals surface area contributed by atoms with Gasteiger partial charge in [0.2, 0.25) is 0 Å². The topological polar surface area (TPSA) is 0 Å². The van der Waals surface area contributed by atoms with Crippen LogP contribution in [-0.2, 0) is 0 Å². The molecule has 17 heavy (non-hydrogen) atoms. The van der Waals surface area contributed by atoms with E-state index in [1.807, 2.05) is 30.3 Å². The van der Waals surface area contributed by atoms with Crippen molar-refractivity contribution < 1.29 is 8.78 Å². The van der Waals surface area contributed by atoms with E-state index in [0.29, 0.717) is 5.56 Å². The molecule has 2 aromatic carbocycles. The van der Waals surface area contributed by atoms with Crippen molar-refractivity contribution in [3.8, 4) is 11.1 Å². The van der Waals surface area contributed by atoms with E-state index in [9.17, 15) is 8.78 Å². The van der Waals surface area contributed by atoms with Crippen LogP contribution in [0.15, 0.2) is 42.5 Å². The summed E-state index contributed by atoms with van der Waals surface area (Å²) in [7, 11) is 0. The lowest BCUT2D eigenvalue weighted by atomic mass is 9.96. The van der Waals surface area contributed by atoms with Gasteiger partial charge in [-0.2, -0.15) is 0 Å². The third-order valence-electron chi connectivity index (χ3n) is 2.79. The summed E-state index contributed by atoms with van der Waals surface area (Å²) in [6.07, 6.45) is 0. The molecule has 0 unspecified atom stereocenters. The Balaban J connectivity index is 2.62. The maximum absolute atomic E-state index is 14.2. The van der Waals surface area contributed by atoms with Crippen LogP contribution < -0.4 is 0 Å². The minimum atomic E-state index is -0.475. The molecule has 2 aromatic rings. The minimum absolute atomic E-state index is 0.159. The van der Waals surface area contributed by atoms with Crippen LogP contribution in [0.3, 0.4) is 0 Å². The van der Waals surface area contributed by atoms with Gasteiger partial charge in [-0.05, 0) is 23.6 Å². The van der Waals surface area contributed by atoms with Gasteiger partial charge in [-0.3, -0.25) is 0 Å². The standard InChI is InChI=1S/C15H14F2/c1-10(2)14-13(16)9-8-12(15(14)17)11-6-4-3-5-7-11/h3-10H,1-2H3. The molecule has 0 aliphatic rings. The van der Waals surface area contributed by atoms with Crippen molar-refractivity contribution in [3.05, 3.63) is 59.7 Å². The van der Waals surface area contributed by atoms with Gasteiger partial charge in [0.05, 0.1) is 0 Å². The quantitative estimate of drug-likeness (QED) is 0.700. The maximum Gasteiger partial charge on any atom is 0.137 e. The van der Waals surface area contributed by atoms with Crippen LogP contribution >= 0.6 is 0 Å². The van der Waals surface area contributed by atoms with Crippen molar-refractivity contribution in [1.82, 2.24) is 0 Å². The molecule has 0 amide bonds. The van der Waals surface area contributed by atoms with Crippen molar-refractivity contribution in [1.29, 1.82) is 0 Å². The number of halogens is 2. The molecule has 0 aliphatic carbocycles. The third-order valence-corrected chi connectivity index (χ3v) is 2.79. The summed E-state index contributed by atoms with van der Waals surface area (Å²) < 4.78 is 27.8. The number of hydrogen-bond acceptors (Lipinski definition) is 0. The number of hydrogen-bond donors (Lipinski definition) is 0. The highest BCUT2D eigenvalue weighted by molar-refractivity contribution is 5.65. The van der Waals surface area contributed by atoms with E-state index in [0.717, 1.165) is 5.56 Å². The fraction of sp³-hybridized carbons (Fsp3) is 0.200. The van der Waals surface area contributed by atoms with Crippen LogP contribution in [-0.4, -0.2) is 0 Å². The molecule has 0 bridgehead atoms. The number of benzene rings is 2. The summed E-state index contributed by atoms with van der Waals surface area (Å²) in [4.78, 5) is 0. The normalized spacial score (nSPS) is 10.9. The van der Waals surface area contributed by atoms with E-state index in [-0.39, 0.29) is 11.5 Å². The van der Waals surface area contributed by atoms with Gasteiger partial charge in [0.1, 0.15) is 11.6 Å². The van der Waals surface area contributed by atoms with E-state index >= 15 is 0 Å². The largest absolute Gasteiger partial charge is 0.207 e. The van der Waals surface area contributed by atoms with E-state index in [4.69, 9.17) is 0 Å². The Labute approximate surface area is 99.9 Å². The first-order valence-electron chi connectivity index (χ1n) is 5.64. The molecule has 2 heteroatoms. The Morgan fingerprint density at radius 3 is 2.12 bits per heavy atom. The molecular weight excluding hydrogens is 218 g/mol. The molecule has 0 N–H and O–H groups in total. The first-order chi connectivity index (χ1) is 8.11. The first kappa shape index (κ1) is 11.8. The predicted molar refractivity (Wildman–Crippen MR) is 65.9 cm³/mol. The fourth-order valence-corrected chi connectivity index (χ4v) is 1.94. The van der Waals surface area contributed by atoms with Gasteiger partial charge in [-0.15, -0.1) is 0 Å². The zero-order valence-corrected chi connectivity index (χ0v) is 9.87.